The molecule has 310 valence electrons. The fourth-order valence-electron chi connectivity index (χ4n) is 13.3. The lowest BCUT2D eigenvalue weighted by Gasteiger charge is -2.66. The highest BCUT2D eigenvalue weighted by atomic mass is 16.7. The molecule has 0 aromatic rings. The van der Waals surface area contributed by atoms with Gasteiger partial charge in [-0.15, -0.1) is 0 Å². The molecule has 4 saturated heterocycles. The number of hydrogen-bond acceptors (Lipinski definition) is 15. The lowest BCUT2D eigenvalue weighted by molar-refractivity contribution is -0.343. The number of rotatable bonds is 5. The summed E-state index contributed by atoms with van der Waals surface area (Å²) in [5.74, 6) is 0.110. The van der Waals surface area contributed by atoms with Crippen molar-refractivity contribution in [3.63, 3.8) is 0 Å². The van der Waals surface area contributed by atoms with E-state index in [1.807, 2.05) is 6.92 Å². The molecule has 8 fully saturated rings. The fraction of sp³-hybridized carbons (Fsp3) is 1.00. The molecule has 0 radical (unpaired) electrons. The Kier molecular flexibility index (Phi) is 10.9. The topological polar surface area (TPSA) is 237 Å². The van der Waals surface area contributed by atoms with Gasteiger partial charge in [-0.3, -0.25) is 0 Å². The van der Waals surface area contributed by atoms with Crippen LogP contribution >= 0.6 is 0 Å². The normalized spacial score (nSPS) is 60.3. The predicted molar refractivity (Wildman–Crippen MR) is 186 cm³/mol. The van der Waals surface area contributed by atoms with Crippen LogP contribution in [0.5, 0.6) is 0 Å². The van der Waals surface area contributed by atoms with Crippen LogP contribution in [-0.4, -0.2) is 157 Å². The van der Waals surface area contributed by atoms with Gasteiger partial charge in [0.1, 0.15) is 48.8 Å². The van der Waals surface area contributed by atoms with Crippen LogP contribution in [0.1, 0.15) is 79.1 Å². The van der Waals surface area contributed by atoms with Gasteiger partial charge in [0, 0.05) is 23.7 Å². The molecule has 0 amide bonds. The van der Waals surface area contributed by atoms with Crippen molar-refractivity contribution in [2.24, 2.45) is 52.3 Å². The Labute approximate surface area is 316 Å². The molecule has 4 aliphatic heterocycles. The minimum atomic E-state index is -1.53. The summed E-state index contributed by atoms with van der Waals surface area (Å²) in [6, 6.07) is 0. The van der Waals surface area contributed by atoms with Crippen LogP contribution in [0, 0.1) is 52.3 Å². The van der Waals surface area contributed by atoms with Crippen molar-refractivity contribution in [1.82, 2.24) is 0 Å². The molecule has 9 N–H and O–H groups in total. The van der Waals surface area contributed by atoms with E-state index in [0.717, 1.165) is 38.5 Å². The average Bonchev–Trinajstić information content (AvgIpc) is 3.43. The van der Waals surface area contributed by atoms with E-state index in [1.54, 1.807) is 0 Å². The Morgan fingerprint density at radius 2 is 1.46 bits per heavy atom. The van der Waals surface area contributed by atoms with Crippen molar-refractivity contribution in [1.29, 1.82) is 0 Å². The second kappa shape index (κ2) is 14.6. The van der Waals surface area contributed by atoms with Crippen LogP contribution in [0.25, 0.3) is 0 Å². The van der Waals surface area contributed by atoms with E-state index in [-0.39, 0.29) is 47.7 Å². The minimum Gasteiger partial charge on any atom is -0.394 e. The van der Waals surface area contributed by atoms with Gasteiger partial charge < -0.3 is 74.4 Å². The van der Waals surface area contributed by atoms with E-state index in [4.69, 9.17) is 28.4 Å². The molecule has 4 heterocycles. The molecule has 15 heteroatoms. The summed E-state index contributed by atoms with van der Waals surface area (Å²) in [6.07, 6.45) is -9.45. The van der Waals surface area contributed by atoms with E-state index in [0.29, 0.717) is 31.3 Å². The third-order valence-corrected chi connectivity index (χ3v) is 16.4. The van der Waals surface area contributed by atoms with Crippen LogP contribution in [0.15, 0.2) is 0 Å². The van der Waals surface area contributed by atoms with Gasteiger partial charge in [-0.05, 0) is 80.0 Å². The van der Waals surface area contributed by atoms with Crippen LogP contribution in [0.3, 0.4) is 0 Å². The van der Waals surface area contributed by atoms with Gasteiger partial charge in [-0.2, -0.15) is 0 Å². The minimum absolute atomic E-state index is 0.00150. The molecule has 4 aliphatic carbocycles. The molecule has 0 aromatic carbocycles. The Hall–Kier alpha value is -0.600. The van der Waals surface area contributed by atoms with E-state index in [9.17, 15) is 46.0 Å². The Balaban J connectivity index is 1.02. The highest BCUT2D eigenvalue weighted by Gasteiger charge is 2.69. The van der Waals surface area contributed by atoms with Gasteiger partial charge in [-0.25, -0.2) is 0 Å². The zero-order chi connectivity index (χ0) is 38.6. The number of ether oxygens (including phenoxy) is 6. The Morgan fingerprint density at radius 1 is 0.722 bits per heavy atom. The van der Waals surface area contributed by atoms with E-state index < -0.39 is 97.5 Å². The second-order valence-electron chi connectivity index (χ2n) is 18.9. The lowest BCUT2D eigenvalue weighted by Crippen LogP contribution is -2.67. The SMILES string of the molecule is C[C@@H]1CO[C@]2(C[C@H]1O[C@@H]1O[C@H](CO)[C@@H](O)[C@H](O)[C@H]1O)O[C@@H]1CC[C@H]3[C@@H]4CC[C@@H]5C[C@H](O)[C@@H](O)[C@@H](O[C@@H]6OC[C@H](O)[C@H](O)[C@H]6O)[C@]5(C)[C@H]4CC[C@]3(C)[C@H]1[C@@H]2C. The highest BCUT2D eigenvalue weighted by Crippen LogP contribution is 2.70. The molecule has 1 spiro atoms. The number of aliphatic hydroxyl groups excluding tert-OH is 9. The van der Waals surface area contributed by atoms with Crippen LogP contribution in [0.4, 0.5) is 0 Å². The second-order valence-corrected chi connectivity index (χ2v) is 18.9. The molecule has 0 unspecified atom stereocenters. The number of fused-ring (bicyclic) bond motifs is 7. The highest BCUT2D eigenvalue weighted by molar-refractivity contribution is 5.16. The average molecular weight is 773 g/mol. The molecule has 54 heavy (non-hydrogen) atoms. The smallest absolute Gasteiger partial charge is 0.186 e. The van der Waals surface area contributed by atoms with Crippen molar-refractivity contribution in [3.05, 3.63) is 0 Å². The van der Waals surface area contributed by atoms with Gasteiger partial charge in [0.15, 0.2) is 18.4 Å². The van der Waals surface area contributed by atoms with E-state index in [2.05, 4.69) is 20.8 Å². The van der Waals surface area contributed by atoms with Crippen molar-refractivity contribution >= 4 is 0 Å². The van der Waals surface area contributed by atoms with E-state index >= 15 is 0 Å². The standard InChI is InChI=1S/C39H64O15/c1-16-14-50-39(12-25(16)51-36-33(48)31(46)30(45)26(13-40)52-36)17(2)27-24(54-39)8-7-20-19-6-5-18-11-22(41)29(44)34(38(18,4)21(19)9-10-37(20,27)3)53-35-32(47)28(43)23(42)15-49-35/h16-36,40-48H,5-15H2,1-4H3/t16-,17+,18-,19+,20+,21+,22+,23+,24-,25-,26-,27+,28+,29-,30-,31+,32-,33-,34-,35+,36-,37+,38+,39-/m1/s1. The maximum Gasteiger partial charge on any atom is 0.186 e. The van der Waals surface area contributed by atoms with Crippen molar-refractivity contribution in [2.45, 2.75) is 171 Å². The molecule has 8 rings (SSSR count). The molecule has 24 atom stereocenters. The van der Waals surface area contributed by atoms with Gasteiger partial charge in [0.05, 0.1) is 44.2 Å². The summed E-state index contributed by atoms with van der Waals surface area (Å²) in [7, 11) is 0. The zero-order valence-corrected chi connectivity index (χ0v) is 31.9. The van der Waals surface area contributed by atoms with Crippen LogP contribution < -0.4 is 0 Å². The molecular formula is C39H64O15. The van der Waals surface area contributed by atoms with Crippen molar-refractivity contribution < 1.29 is 74.4 Å². The zero-order valence-electron chi connectivity index (χ0n) is 31.9. The Morgan fingerprint density at radius 3 is 2.20 bits per heavy atom. The van der Waals surface area contributed by atoms with Crippen molar-refractivity contribution in [2.75, 3.05) is 19.8 Å². The molecule has 15 nitrogen and oxygen atoms in total. The largest absolute Gasteiger partial charge is 0.394 e. The first kappa shape index (κ1) is 40.2. The first-order valence-corrected chi connectivity index (χ1v) is 20.5. The summed E-state index contributed by atoms with van der Waals surface area (Å²) in [5.41, 5.74) is -0.622. The monoisotopic (exact) mass is 772 g/mol. The summed E-state index contributed by atoms with van der Waals surface area (Å²) in [5, 5.41) is 95.0. The Bertz CT molecular complexity index is 1340. The summed E-state index contributed by atoms with van der Waals surface area (Å²) in [6.45, 7) is 8.41. The first-order chi connectivity index (χ1) is 25.6. The maximum absolute atomic E-state index is 11.5. The molecule has 0 bridgehead atoms. The summed E-state index contributed by atoms with van der Waals surface area (Å²) < 4.78 is 37.8. The van der Waals surface area contributed by atoms with Gasteiger partial charge >= 0.3 is 0 Å². The lowest BCUT2D eigenvalue weighted by atomic mass is 9.40. The third kappa shape index (κ3) is 6.09. The van der Waals surface area contributed by atoms with Gasteiger partial charge in [0.25, 0.3) is 0 Å². The quantitative estimate of drug-likeness (QED) is 0.159. The molecule has 8 aliphatic rings. The van der Waals surface area contributed by atoms with Crippen LogP contribution in [0.2, 0.25) is 0 Å². The molecule has 0 aromatic heterocycles. The van der Waals surface area contributed by atoms with Gasteiger partial charge in [-0.1, -0.05) is 27.7 Å². The van der Waals surface area contributed by atoms with Gasteiger partial charge in [0.2, 0.25) is 0 Å². The van der Waals surface area contributed by atoms with E-state index in [1.165, 1.54) is 0 Å². The van der Waals surface area contributed by atoms with Crippen molar-refractivity contribution in [3.8, 4) is 0 Å². The van der Waals surface area contributed by atoms with Crippen LogP contribution in [-0.2, 0) is 28.4 Å². The summed E-state index contributed by atoms with van der Waals surface area (Å²) in [4.78, 5) is 0. The fourth-order valence-corrected chi connectivity index (χ4v) is 13.3. The number of aliphatic hydroxyl groups is 9. The maximum atomic E-state index is 11.5. The molecule has 4 saturated carbocycles. The number of hydrogen-bond donors (Lipinski definition) is 9. The summed E-state index contributed by atoms with van der Waals surface area (Å²) >= 11 is 0. The third-order valence-electron chi connectivity index (χ3n) is 16.4. The molecular weight excluding hydrogens is 708 g/mol. The first-order valence-electron chi connectivity index (χ1n) is 20.5. The predicted octanol–water partition coefficient (Wildman–Crippen LogP) is -0.616.